The lowest BCUT2D eigenvalue weighted by Gasteiger charge is -2.22. The molecule has 0 radical (unpaired) electrons. The lowest BCUT2D eigenvalue weighted by atomic mass is 9.86. The second-order valence-corrected chi connectivity index (χ2v) is 3.88. The predicted octanol–water partition coefficient (Wildman–Crippen LogP) is 1.98. The molecular formula is C11H16N2O. The quantitative estimate of drug-likeness (QED) is 0.727. The van der Waals surface area contributed by atoms with Crippen molar-refractivity contribution in [2.24, 2.45) is 5.92 Å². The van der Waals surface area contributed by atoms with Gasteiger partial charge < -0.3 is 4.74 Å². The van der Waals surface area contributed by atoms with Gasteiger partial charge in [-0.15, -0.1) is 0 Å². The Morgan fingerprint density at radius 1 is 1.64 bits per heavy atom. The minimum absolute atomic E-state index is 0.440. The minimum atomic E-state index is 0.440. The van der Waals surface area contributed by atoms with E-state index in [2.05, 4.69) is 23.7 Å². The summed E-state index contributed by atoms with van der Waals surface area (Å²) in [6, 6.07) is 0. The smallest absolute Gasteiger partial charge is 0.0918 e. The van der Waals surface area contributed by atoms with Crippen LogP contribution in [0.15, 0.2) is 12.3 Å². The SMILES string of the molecule is C=C(OC)[C@H]1CCc2c(n[nH]c2C)C1. The third-order valence-electron chi connectivity index (χ3n) is 3.06. The molecule has 0 aliphatic heterocycles. The van der Waals surface area contributed by atoms with Gasteiger partial charge in [-0.05, 0) is 25.3 Å². The molecule has 1 heterocycles. The summed E-state index contributed by atoms with van der Waals surface area (Å²) < 4.78 is 5.18. The molecule has 3 nitrogen and oxygen atoms in total. The zero-order valence-electron chi connectivity index (χ0n) is 8.76. The van der Waals surface area contributed by atoms with Crippen molar-refractivity contribution < 1.29 is 4.74 Å². The van der Waals surface area contributed by atoms with Crippen molar-refractivity contribution in [1.29, 1.82) is 0 Å². The molecule has 2 rings (SSSR count). The Morgan fingerprint density at radius 2 is 2.43 bits per heavy atom. The van der Waals surface area contributed by atoms with E-state index < -0.39 is 0 Å². The van der Waals surface area contributed by atoms with Crippen LogP contribution in [0.3, 0.4) is 0 Å². The summed E-state index contributed by atoms with van der Waals surface area (Å²) in [4.78, 5) is 0. The maximum absolute atomic E-state index is 5.18. The number of rotatable bonds is 2. The summed E-state index contributed by atoms with van der Waals surface area (Å²) >= 11 is 0. The Labute approximate surface area is 84.2 Å². The number of aromatic nitrogens is 2. The van der Waals surface area contributed by atoms with Gasteiger partial charge in [0.1, 0.15) is 0 Å². The molecule has 0 spiro atoms. The fourth-order valence-corrected chi connectivity index (χ4v) is 2.10. The first-order chi connectivity index (χ1) is 6.72. The lowest BCUT2D eigenvalue weighted by Crippen LogP contribution is -2.16. The van der Waals surface area contributed by atoms with E-state index in [4.69, 9.17) is 4.74 Å². The van der Waals surface area contributed by atoms with Crippen LogP contribution < -0.4 is 0 Å². The molecule has 0 saturated carbocycles. The molecule has 0 bridgehead atoms. The van der Waals surface area contributed by atoms with E-state index in [1.807, 2.05) is 0 Å². The highest BCUT2D eigenvalue weighted by atomic mass is 16.5. The maximum Gasteiger partial charge on any atom is 0.0918 e. The van der Waals surface area contributed by atoms with Crippen molar-refractivity contribution in [2.75, 3.05) is 7.11 Å². The second kappa shape index (κ2) is 3.48. The van der Waals surface area contributed by atoms with Crippen LogP contribution in [0.2, 0.25) is 0 Å². The largest absolute Gasteiger partial charge is 0.501 e. The topological polar surface area (TPSA) is 37.9 Å². The van der Waals surface area contributed by atoms with Crippen LogP contribution in [0, 0.1) is 12.8 Å². The van der Waals surface area contributed by atoms with Crippen molar-refractivity contribution in [1.82, 2.24) is 10.2 Å². The van der Waals surface area contributed by atoms with Gasteiger partial charge in [-0.25, -0.2) is 0 Å². The lowest BCUT2D eigenvalue weighted by molar-refractivity contribution is 0.232. The number of allylic oxidation sites excluding steroid dienone is 1. The van der Waals surface area contributed by atoms with Crippen LogP contribution >= 0.6 is 0 Å². The molecule has 1 N–H and O–H groups in total. The fourth-order valence-electron chi connectivity index (χ4n) is 2.10. The molecule has 1 aliphatic rings. The van der Waals surface area contributed by atoms with Gasteiger partial charge in [-0.2, -0.15) is 5.10 Å². The molecule has 1 aliphatic carbocycles. The summed E-state index contributed by atoms with van der Waals surface area (Å²) in [6.07, 6.45) is 3.18. The van der Waals surface area contributed by atoms with Gasteiger partial charge in [-0.1, -0.05) is 6.58 Å². The van der Waals surface area contributed by atoms with Crippen LogP contribution in [0.5, 0.6) is 0 Å². The summed E-state index contributed by atoms with van der Waals surface area (Å²) in [5, 5.41) is 7.34. The number of nitrogens with one attached hydrogen (secondary N) is 1. The van der Waals surface area contributed by atoms with Gasteiger partial charge in [0.2, 0.25) is 0 Å². The number of nitrogens with zero attached hydrogens (tertiary/aromatic N) is 1. The van der Waals surface area contributed by atoms with E-state index in [-0.39, 0.29) is 0 Å². The normalized spacial score (nSPS) is 20.3. The van der Waals surface area contributed by atoms with Gasteiger partial charge in [0.05, 0.1) is 18.6 Å². The highest BCUT2D eigenvalue weighted by Crippen LogP contribution is 2.29. The van der Waals surface area contributed by atoms with Crippen molar-refractivity contribution in [3.05, 3.63) is 29.3 Å². The molecule has 1 aromatic rings. The Hall–Kier alpha value is -1.25. The van der Waals surface area contributed by atoms with E-state index in [0.29, 0.717) is 5.92 Å². The van der Waals surface area contributed by atoms with Crippen LogP contribution in [-0.2, 0) is 17.6 Å². The van der Waals surface area contributed by atoms with E-state index >= 15 is 0 Å². The first-order valence-electron chi connectivity index (χ1n) is 4.98. The van der Waals surface area contributed by atoms with Gasteiger partial charge in [-0.3, -0.25) is 5.10 Å². The number of methoxy groups -OCH3 is 1. The standard InChI is InChI=1S/C11H16N2O/c1-7-10-5-4-9(8(2)14-3)6-11(10)13-12-7/h9H,2,4-6H2,1,3H3,(H,12,13)/t9-/m0/s1. The highest BCUT2D eigenvalue weighted by molar-refractivity contribution is 5.28. The van der Waals surface area contributed by atoms with Gasteiger partial charge >= 0.3 is 0 Å². The Kier molecular flexibility index (Phi) is 2.32. The van der Waals surface area contributed by atoms with Crippen LogP contribution in [0.4, 0.5) is 0 Å². The van der Waals surface area contributed by atoms with Crippen molar-refractivity contribution in [3.8, 4) is 0 Å². The third kappa shape index (κ3) is 1.43. The second-order valence-electron chi connectivity index (χ2n) is 3.88. The molecule has 0 aromatic carbocycles. The predicted molar refractivity (Wildman–Crippen MR) is 55.0 cm³/mol. The zero-order chi connectivity index (χ0) is 10.1. The van der Waals surface area contributed by atoms with E-state index in [1.165, 1.54) is 17.0 Å². The monoisotopic (exact) mass is 192 g/mol. The molecule has 1 aromatic heterocycles. The van der Waals surface area contributed by atoms with E-state index in [1.54, 1.807) is 7.11 Å². The average Bonchev–Trinajstić information content (AvgIpc) is 2.59. The van der Waals surface area contributed by atoms with Crippen molar-refractivity contribution in [3.63, 3.8) is 0 Å². The molecule has 0 unspecified atom stereocenters. The fraction of sp³-hybridized carbons (Fsp3) is 0.545. The van der Waals surface area contributed by atoms with Crippen LogP contribution in [-0.4, -0.2) is 17.3 Å². The first kappa shape index (κ1) is 9.31. The Morgan fingerprint density at radius 3 is 3.14 bits per heavy atom. The number of aromatic amines is 1. The summed E-state index contributed by atoms with van der Waals surface area (Å²) in [5.41, 5.74) is 3.79. The van der Waals surface area contributed by atoms with Gasteiger partial charge in [0, 0.05) is 18.0 Å². The highest BCUT2D eigenvalue weighted by Gasteiger charge is 2.24. The number of H-pyrrole nitrogens is 1. The minimum Gasteiger partial charge on any atom is -0.501 e. The molecule has 0 amide bonds. The van der Waals surface area contributed by atoms with E-state index in [9.17, 15) is 0 Å². The van der Waals surface area contributed by atoms with E-state index in [0.717, 1.165) is 25.0 Å². The number of hydrogen-bond donors (Lipinski definition) is 1. The number of aryl methyl sites for hydroxylation is 1. The van der Waals surface area contributed by atoms with Crippen molar-refractivity contribution >= 4 is 0 Å². The average molecular weight is 192 g/mol. The Balaban J connectivity index is 2.18. The number of hydrogen-bond acceptors (Lipinski definition) is 2. The van der Waals surface area contributed by atoms with Crippen LogP contribution in [0.1, 0.15) is 23.4 Å². The molecule has 76 valence electrons. The summed E-state index contributed by atoms with van der Waals surface area (Å²) in [6.45, 7) is 6.00. The van der Waals surface area contributed by atoms with Crippen LogP contribution in [0.25, 0.3) is 0 Å². The summed E-state index contributed by atoms with van der Waals surface area (Å²) in [5.74, 6) is 1.33. The molecule has 0 fully saturated rings. The van der Waals surface area contributed by atoms with Gasteiger partial charge in [0.15, 0.2) is 0 Å². The molecule has 0 saturated heterocycles. The molecular weight excluding hydrogens is 176 g/mol. The first-order valence-corrected chi connectivity index (χ1v) is 4.98. The third-order valence-corrected chi connectivity index (χ3v) is 3.06. The number of fused-ring (bicyclic) bond motifs is 1. The molecule has 3 heteroatoms. The van der Waals surface area contributed by atoms with Gasteiger partial charge in [0.25, 0.3) is 0 Å². The molecule has 1 atom stereocenters. The maximum atomic E-state index is 5.18. The number of ether oxygens (including phenoxy) is 1. The molecule has 14 heavy (non-hydrogen) atoms. The summed E-state index contributed by atoms with van der Waals surface area (Å²) in [7, 11) is 1.69. The Bertz CT molecular complexity index is 354. The van der Waals surface area contributed by atoms with Crippen molar-refractivity contribution in [2.45, 2.75) is 26.2 Å². The zero-order valence-corrected chi connectivity index (χ0v) is 8.76.